The molecule has 7 nitrogen and oxygen atoms in total. The first-order valence-electron chi connectivity index (χ1n) is 9.92. The minimum absolute atomic E-state index is 0.0266. The lowest BCUT2D eigenvalue weighted by Crippen LogP contribution is -2.38. The number of thioether (sulfide) groups is 1. The summed E-state index contributed by atoms with van der Waals surface area (Å²) in [4.78, 5) is 23.6. The third kappa shape index (κ3) is 4.67. The van der Waals surface area contributed by atoms with Crippen LogP contribution in [0.2, 0.25) is 0 Å². The van der Waals surface area contributed by atoms with Crippen LogP contribution in [0.1, 0.15) is 36.0 Å². The summed E-state index contributed by atoms with van der Waals surface area (Å²) in [5.41, 5.74) is 0.626. The highest BCUT2D eigenvalue weighted by Gasteiger charge is 2.24. The third-order valence-corrected chi connectivity index (χ3v) is 6.81. The Morgan fingerprint density at radius 2 is 1.96 bits per heavy atom. The van der Waals surface area contributed by atoms with Gasteiger partial charge < -0.3 is 19.5 Å². The van der Waals surface area contributed by atoms with E-state index in [4.69, 9.17) is 4.74 Å². The molecule has 2 fully saturated rings. The molecule has 1 aliphatic heterocycles. The van der Waals surface area contributed by atoms with Crippen LogP contribution >= 0.6 is 11.8 Å². The van der Waals surface area contributed by atoms with Gasteiger partial charge in [-0.3, -0.25) is 4.79 Å². The average Bonchev–Trinajstić information content (AvgIpc) is 3.14. The quantitative estimate of drug-likeness (QED) is 0.830. The Balaban J connectivity index is 1.25. The number of imidazole rings is 1. The van der Waals surface area contributed by atoms with Gasteiger partial charge in [-0.1, -0.05) is 11.8 Å². The summed E-state index contributed by atoms with van der Waals surface area (Å²) in [7, 11) is 2.03. The van der Waals surface area contributed by atoms with Crippen LogP contribution < -0.4 is 10.2 Å². The van der Waals surface area contributed by atoms with Crippen LogP contribution in [0.3, 0.4) is 0 Å². The van der Waals surface area contributed by atoms with E-state index in [1.54, 1.807) is 6.20 Å². The second-order valence-electron chi connectivity index (χ2n) is 7.39. The van der Waals surface area contributed by atoms with E-state index in [0.29, 0.717) is 10.8 Å². The Hall–Kier alpha value is -2.06. The molecule has 2 aromatic rings. The van der Waals surface area contributed by atoms with Gasteiger partial charge in [-0.05, 0) is 37.8 Å². The highest BCUT2D eigenvalue weighted by molar-refractivity contribution is 7.99. The van der Waals surface area contributed by atoms with Crippen molar-refractivity contribution in [2.75, 3.05) is 31.2 Å². The largest absolute Gasteiger partial charge is 0.378 e. The second-order valence-corrected chi connectivity index (χ2v) is 8.66. The first-order valence-corrected chi connectivity index (χ1v) is 10.8. The molecule has 1 aliphatic carbocycles. The van der Waals surface area contributed by atoms with Gasteiger partial charge in [0.15, 0.2) is 5.16 Å². The standard InChI is InChI=1S/C20H27N5O2S/c1-24-9-8-21-20(24)28-17-5-3-16(4-6-17)23-19(26)15-2-7-18(22-14-15)25-10-12-27-13-11-25/h2,7-9,14,16-17H,3-6,10-13H2,1H3,(H,23,26). The van der Waals surface area contributed by atoms with Crippen molar-refractivity contribution in [2.45, 2.75) is 42.1 Å². The van der Waals surface area contributed by atoms with E-state index in [9.17, 15) is 4.79 Å². The van der Waals surface area contributed by atoms with Gasteiger partial charge in [0.2, 0.25) is 0 Å². The van der Waals surface area contributed by atoms with Gasteiger partial charge in [-0.2, -0.15) is 0 Å². The SMILES string of the molecule is Cn1ccnc1SC1CCC(NC(=O)c2ccc(N3CCOCC3)nc2)CC1. The van der Waals surface area contributed by atoms with Crippen LogP contribution in [0, 0.1) is 0 Å². The number of aryl methyl sites for hydroxylation is 1. The highest BCUT2D eigenvalue weighted by Crippen LogP contribution is 2.32. The van der Waals surface area contributed by atoms with Crippen molar-refractivity contribution < 1.29 is 9.53 Å². The van der Waals surface area contributed by atoms with Gasteiger partial charge in [-0.15, -0.1) is 0 Å². The molecule has 0 bridgehead atoms. The number of morpholine rings is 1. The molecule has 2 aliphatic rings. The molecule has 28 heavy (non-hydrogen) atoms. The fourth-order valence-corrected chi connectivity index (χ4v) is 4.86. The predicted octanol–water partition coefficient (Wildman–Crippen LogP) is 2.49. The predicted molar refractivity (Wildman–Crippen MR) is 110 cm³/mol. The van der Waals surface area contributed by atoms with Crippen LogP contribution in [0.15, 0.2) is 35.9 Å². The molecule has 0 aromatic carbocycles. The summed E-state index contributed by atoms with van der Waals surface area (Å²) >= 11 is 1.85. The van der Waals surface area contributed by atoms with Gasteiger partial charge in [0.25, 0.3) is 5.91 Å². The van der Waals surface area contributed by atoms with E-state index >= 15 is 0 Å². The van der Waals surface area contributed by atoms with E-state index in [0.717, 1.165) is 63.0 Å². The number of carbonyl (C=O) groups is 1. The fourth-order valence-electron chi connectivity index (χ4n) is 3.71. The Morgan fingerprint density at radius 1 is 1.18 bits per heavy atom. The minimum atomic E-state index is -0.0266. The first kappa shape index (κ1) is 19.3. The molecule has 150 valence electrons. The number of ether oxygens (including phenoxy) is 1. The summed E-state index contributed by atoms with van der Waals surface area (Å²) in [6, 6.07) is 4.04. The lowest BCUT2D eigenvalue weighted by Gasteiger charge is -2.29. The second kappa shape index (κ2) is 8.96. The van der Waals surface area contributed by atoms with E-state index < -0.39 is 0 Å². The maximum atomic E-state index is 12.6. The summed E-state index contributed by atoms with van der Waals surface area (Å²) in [5, 5.41) is 4.82. The zero-order valence-electron chi connectivity index (χ0n) is 16.2. The number of hydrogen-bond acceptors (Lipinski definition) is 6. The summed E-state index contributed by atoms with van der Waals surface area (Å²) in [6.45, 7) is 3.15. The Kier molecular flexibility index (Phi) is 6.17. The maximum absolute atomic E-state index is 12.6. The van der Waals surface area contributed by atoms with Crippen LogP contribution in [0.5, 0.6) is 0 Å². The Bertz CT molecular complexity index is 780. The van der Waals surface area contributed by atoms with Crippen molar-refractivity contribution in [3.05, 3.63) is 36.3 Å². The minimum Gasteiger partial charge on any atom is -0.378 e. The molecule has 1 amide bonds. The van der Waals surface area contributed by atoms with Crippen LogP contribution in [0.4, 0.5) is 5.82 Å². The first-order chi connectivity index (χ1) is 13.7. The number of amides is 1. The molecular weight excluding hydrogens is 374 g/mol. The molecule has 1 N–H and O–H groups in total. The number of hydrogen-bond donors (Lipinski definition) is 1. The number of nitrogens with one attached hydrogen (secondary N) is 1. The Morgan fingerprint density at radius 3 is 2.61 bits per heavy atom. The molecule has 8 heteroatoms. The zero-order chi connectivity index (χ0) is 19.3. The van der Waals surface area contributed by atoms with Crippen LogP contribution in [-0.4, -0.2) is 58.0 Å². The molecule has 1 saturated carbocycles. The van der Waals surface area contributed by atoms with E-state index in [1.165, 1.54) is 0 Å². The maximum Gasteiger partial charge on any atom is 0.253 e. The van der Waals surface area contributed by atoms with E-state index in [2.05, 4.69) is 24.8 Å². The highest BCUT2D eigenvalue weighted by atomic mass is 32.2. The van der Waals surface area contributed by atoms with Gasteiger partial charge >= 0.3 is 0 Å². The van der Waals surface area contributed by atoms with Gasteiger partial charge in [-0.25, -0.2) is 9.97 Å². The fraction of sp³-hybridized carbons (Fsp3) is 0.550. The smallest absolute Gasteiger partial charge is 0.253 e. The van der Waals surface area contributed by atoms with E-state index in [1.807, 2.05) is 43.3 Å². The van der Waals surface area contributed by atoms with Gasteiger partial charge in [0, 0.05) is 50.0 Å². The number of pyridine rings is 1. The number of carbonyl (C=O) groups excluding carboxylic acids is 1. The van der Waals surface area contributed by atoms with Crippen molar-refractivity contribution in [3.63, 3.8) is 0 Å². The molecule has 0 radical (unpaired) electrons. The third-order valence-electron chi connectivity index (χ3n) is 5.40. The van der Waals surface area contributed by atoms with Crippen LogP contribution in [-0.2, 0) is 11.8 Å². The van der Waals surface area contributed by atoms with Crippen LogP contribution in [0.25, 0.3) is 0 Å². The molecule has 1 saturated heterocycles. The van der Waals surface area contributed by atoms with Crippen molar-refractivity contribution in [2.24, 2.45) is 7.05 Å². The summed E-state index contributed by atoms with van der Waals surface area (Å²) in [5.74, 6) is 0.882. The molecule has 4 rings (SSSR count). The molecule has 3 heterocycles. The van der Waals surface area contributed by atoms with Gasteiger partial charge in [0.1, 0.15) is 5.82 Å². The molecular formula is C20H27N5O2S. The lowest BCUT2D eigenvalue weighted by atomic mass is 9.95. The zero-order valence-corrected chi connectivity index (χ0v) is 17.0. The van der Waals surface area contributed by atoms with Crippen molar-refractivity contribution in [1.82, 2.24) is 19.9 Å². The van der Waals surface area contributed by atoms with Gasteiger partial charge in [0.05, 0.1) is 18.8 Å². The Labute approximate surface area is 169 Å². The van der Waals surface area contributed by atoms with E-state index in [-0.39, 0.29) is 11.9 Å². The normalized spacial score (nSPS) is 22.8. The molecule has 0 atom stereocenters. The molecule has 0 spiro atoms. The number of rotatable bonds is 5. The number of anilines is 1. The summed E-state index contributed by atoms with van der Waals surface area (Å²) in [6.07, 6.45) is 9.70. The summed E-state index contributed by atoms with van der Waals surface area (Å²) < 4.78 is 7.43. The molecule has 0 unspecified atom stereocenters. The molecule has 2 aromatic heterocycles. The topological polar surface area (TPSA) is 72.3 Å². The average molecular weight is 402 g/mol. The lowest BCUT2D eigenvalue weighted by molar-refractivity contribution is 0.0927. The number of nitrogens with zero attached hydrogens (tertiary/aromatic N) is 4. The number of aromatic nitrogens is 3. The monoisotopic (exact) mass is 401 g/mol. The van der Waals surface area contributed by atoms with Crippen molar-refractivity contribution in [1.29, 1.82) is 0 Å². The van der Waals surface area contributed by atoms with Crippen molar-refractivity contribution >= 4 is 23.5 Å². The van der Waals surface area contributed by atoms with Crippen molar-refractivity contribution in [3.8, 4) is 0 Å².